The molecule has 0 bridgehead atoms. The third-order valence-electron chi connectivity index (χ3n) is 3.86. The first-order valence-corrected chi connectivity index (χ1v) is 7.35. The van der Waals surface area contributed by atoms with E-state index in [0.717, 1.165) is 24.9 Å². The maximum Gasteiger partial charge on any atom is 0.0720 e. The summed E-state index contributed by atoms with van der Waals surface area (Å²) in [5.74, 6) is 0. The molecule has 1 aromatic carbocycles. The highest BCUT2D eigenvalue weighted by Crippen LogP contribution is 2.22. The van der Waals surface area contributed by atoms with Gasteiger partial charge in [-0.15, -0.1) is 0 Å². The first-order valence-electron chi connectivity index (χ1n) is 7.35. The molecule has 0 radical (unpaired) electrons. The number of aliphatic hydroxyl groups is 1. The lowest BCUT2D eigenvalue weighted by molar-refractivity contribution is 0.0114. The van der Waals surface area contributed by atoms with Crippen molar-refractivity contribution < 1.29 is 9.84 Å². The molecule has 1 aromatic rings. The maximum absolute atomic E-state index is 8.99. The smallest absolute Gasteiger partial charge is 0.0720 e. The molecule has 0 unspecified atom stereocenters. The molecule has 0 aliphatic heterocycles. The van der Waals surface area contributed by atoms with Gasteiger partial charge in [-0.25, -0.2) is 0 Å². The van der Waals surface area contributed by atoms with Crippen LogP contribution in [0, 0.1) is 0 Å². The van der Waals surface area contributed by atoms with Crippen LogP contribution in [0.2, 0.25) is 0 Å². The minimum Gasteiger partial charge on any atom is -0.392 e. The van der Waals surface area contributed by atoms with Gasteiger partial charge in [0.2, 0.25) is 0 Å². The van der Waals surface area contributed by atoms with Gasteiger partial charge in [-0.2, -0.15) is 0 Å². The molecule has 3 heteroatoms. The average molecular weight is 263 g/mol. The fourth-order valence-corrected chi connectivity index (χ4v) is 2.68. The highest BCUT2D eigenvalue weighted by molar-refractivity contribution is 5.21. The first-order chi connectivity index (χ1) is 9.31. The van der Waals surface area contributed by atoms with Crippen molar-refractivity contribution in [3.63, 3.8) is 0 Å². The molecular formula is C16H25NO2. The van der Waals surface area contributed by atoms with Crippen molar-refractivity contribution in [1.82, 2.24) is 5.32 Å². The molecule has 0 heterocycles. The summed E-state index contributed by atoms with van der Waals surface area (Å²) in [6.07, 6.45) is 5.18. The van der Waals surface area contributed by atoms with Gasteiger partial charge >= 0.3 is 0 Å². The Morgan fingerprint density at radius 1 is 1.11 bits per heavy atom. The second-order valence-electron chi connectivity index (χ2n) is 5.32. The van der Waals surface area contributed by atoms with Gasteiger partial charge in [0, 0.05) is 6.04 Å². The zero-order valence-corrected chi connectivity index (χ0v) is 11.8. The van der Waals surface area contributed by atoms with Crippen LogP contribution in [0.25, 0.3) is 0 Å². The Balaban J connectivity index is 1.71. The predicted octanol–water partition coefficient (Wildman–Crippen LogP) is 2.62. The molecule has 3 nitrogen and oxygen atoms in total. The lowest BCUT2D eigenvalue weighted by atomic mass is 9.93. The van der Waals surface area contributed by atoms with E-state index in [1.165, 1.54) is 18.4 Å². The van der Waals surface area contributed by atoms with Crippen LogP contribution >= 0.6 is 0 Å². The molecular weight excluding hydrogens is 238 g/mol. The monoisotopic (exact) mass is 263 g/mol. The number of hydrogen-bond donors (Lipinski definition) is 2. The summed E-state index contributed by atoms with van der Waals surface area (Å²) in [7, 11) is 0. The van der Waals surface area contributed by atoms with Crippen LogP contribution in [-0.4, -0.2) is 23.8 Å². The van der Waals surface area contributed by atoms with E-state index in [1.54, 1.807) is 0 Å². The summed E-state index contributed by atoms with van der Waals surface area (Å²) in [6.45, 7) is 4.02. The van der Waals surface area contributed by atoms with E-state index in [0.29, 0.717) is 18.8 Å². The minimum atomic E-state index is 0.107. The van der Waals surface area contributed by atoms with Crippen molar-refractivity contribution in [1.29, 1.82) is 0 Å². The van der Waals surface area contributed by atoms with Crippen LogP contribution in [0.5, 0.6) is 0 Å². The summed E-state index contributed by atoms with van der Waals surface area (Å²) in [6, 6.07) is 8.68. The van der Waals surface area contributed by atoms with Gasteiger partial charge in [-0.1, -0.05) is 31.2 Å². The lowest BCUT2D eigenvalue weighted by Crippen LogP contribution is -2.35. The van der Waals surface area contributed by atoms with Gasteiger partial charge in [0.25, 0.3) is 0 Å². The van der Waals surface area contributed by atoms with Crippen molar-refractivity contribution in [3.8, 4) is 0 Å². The molecule has 1 saturated carbocycles. The zero-order chi connectivity index (χ0) is 13.5. The Morgan fingerprint density at radius 2 is 1.74 bits per heavy atom. The van der Waals surface area contributed by atoms with Crippen molar-refractivity contribution in [2.24, 2.45) is 0 Å². The van der Waals surface area contributed by atoms with Gasteiger partial charge in [-0.05, 0) is 43.4 Å². The van der Waals surface area contributed by atoms with Crippen LogP contribution < -0.4 is 5.32 Å². The topological polar surface area (TPSA) is 41.5 Å². The third-order valence-corrected chi connectivity index (χ3v) is 3.86. The Kier molecular flexibility index (Phi) is 5.83. The molecule has 2 N–H and O–H groups in total. The van der Waals surface area contributed by atoms with E-state index in [2.05, 4.69) is 12.2 Å². The molecule has 106 valence electrons. The fourth-order valence-electron chi connectivity index (χ4n) is 2.68. The maximum atomic E-state index is 8.99. The number of ether oxygens (including phenoxy) is 1. The van der Waals surface area contributed by atoms with Gasteiger partial charge in [0.15, 0.2) is 0 Å². The SMILES string of the molecule is CCNC1CCC(OCc2ccc(CO)cc2)CC1. The Bertz CT molecular complexity index is 356. The highest BCUT2D eigenvalue weighted by Gasteiger charge is 2.20. The average Bonchev–Trinajstić information content (AvgIpc) is 2.47. The van der Waals surface area contributed by atoms with Crippen LogP contribution in [0.4, 0.5) is 0 Å². The van der Waals surface area contributed by atoms with E-state index in [1.807, 2.05) is 24.3 Å². The molecule has 1 aliphatic carbocycles. The largest absolute Gasteiger partial charge is 0.392 e. The van der Waals surface area contributed by atoms with E-state index in [-0.39, 0.29) is 6.61 Å². The number of benzene rings is 1. The summed E-state index contributed by atoms with van der Waals surface area (Å²) in [5.41, 5.74) is 2.14. The summed E-state index contributed by atoms with van der Waals surface area (Å²) in [5, 5.41) is 12.5. The molecule has 0 amide bonds. The van der Waals surface area contributed by atoms with E-state index < -0.39 is 0 Å². The van der Waals surface area contributed by atoms with Crippen molar-refractivity contribution in [2.45, 2.75) is 58.0 Å². The third kappa shape index (κ3) is 4.60. The van der Waals surface area contributed by atoms with Crippen LogP contribution in [0.1, 0.15) is 43.7 Å². The number of rotatable bonds is 6. The van der Waals surface area contributed by atoms with Gasteiger partial charge in [0.1, 0.15) is 0 Å². The molecule has 19 heavy (non-hydrogen) atoms. The van der Waals surface area contributed by atoms with Crippen molar-refractivity contribution in [3.05, 3.63) is 35.4 Å². The Hall–Kier alpha value is -0.900. The summed E-state index contributed by atoms with van der Waals surface area (Å²) < 4.78 is 5.98. The molecule has 0 saturated heterocycles. The van der Waals surface area contributed by atoms with Crippen LogP contribution in [-0.2, 0) is 18.0 Å². The number of hydrogen-bond acceptors (Lipinski definition) is 3. The van der Waals surface area contributed by atoms with Gasteiger partial charge in [-0.3, -0.25) is 0 Å². The van der Waals surface area contributed by atoms with Gasteiger partial charge < -0.3 is 15.2 Å². The summed E-state index contributed by atoms with van der Waals surface area (Å²) >= 11 is 0. The Morgan fingerprint density at radius 3 is 2.32 bits per heavy atom. The molecule has 1 fully saturated rings. The molecule has 0 aromatic heterocycles. The second kappa shape index (κ2) is 7.63. The molecule has 2 rings (SSSR count). The first kappa shape index (κ1) is 14.5. The van der Waals surface area contributed by atoms with E-state index >= 15 is 0 Å². The van der Waals surface area contributed by atoms with Crippen molar-refractivity contribution in [2.75, 3.05) is 6.54 Å². The minimum absolute atomic E-state index is 0.107. The number of nitrogens with one attached hydrogen (secondary N) is 1. The van der Waals surface area contributed by atoms with Gasteiger partial charge in [0.05, 0.1) is 19.3 Å². The molecule has 0 spiro atoms. The summed E-state index contributed by atoms with van der Waals surface area (Å²) in [4.78, 5) is 0. The van der Waals surface area contributed by atoms with Crippen molar-refractivity contribution >= 4 is 0 Å². The van der Waals surface area contributed by atoms with E-state index in [9.17, 15) is 0 Å². The van der Waals surface area contributed by atoms with Crippen LogP contribution in [0.3, 0.4) is 0 Å². The van der Waals surface area contributed by atoms with E-state index in [4.69, 9.17) is 9.84 Å². The quantitative estimate of drug-likeness (QED) is 0.829. The normalized spacial score (nSPS) is 23.5. The highest BCUT2D eigenvalue weighted by atomic mass is 16.5. The zero-order valence-electron chi connectivity index (χ0n) is 11.8. The number of aliphatic hydroxyl groups excluding tert-OH is 1. The van der Waals surface area contributed by atoms with Crippen LogP contribution in [0.15, 0.2) is 24.3 Å². The molecule has 0 atom stereocenters. The standard InChI is InChI=1S/C16H25NO2/c1-2-17-15-7-9-16(10-8-15)19-12-14-5-3-13(11-18)4-6-14/h3-6,15-18H,2,7-12H2,1H3. The Labute approximate surface area is 116 Å². The second-order valence-corrected chi connectivity index (χ2v) is 5.32. The lowest BCUT2D eigenvalue weighted by Gasteiger charge is -2.29. The molecule has 1 aliphatic rings. The predicted molar refractivity (Wildman–Crippen MR) is 76.9 cm³/mol. The fraction of sp³-hybridized carbons (Fsp3) is 0.625.